The van der Waals surface area contributed by atoms with Gasteiger partial charge in [-0.2, -0.15) is 13.2 Å². The van der Waals surface area contributed by atoms with E-state index in [2.05, 4.69) is 25.6 Å². The lowest BCUT2D eigenvalue weighted by Crippen LogP contribution is -2.19. The van der Waals surface area contributed by atoms with Crippen LogP contribution in [0.3, 0.4) is 0 Å². The van der Waals surface area contributed by atoms with E-state index in [4.69, 9.17) is 0 Å². The van der Waals surface area contributed by atoms with Gasteiger partial charge in [0.15, 0.2) is 5.13 Å². The van der Waals surface area contributed by atoms with Crippen LogP contribution >= 0.6 is 11.3 Å². The van der Waals surface area contributed by atoms with Gasteiger partial charge < -0.3 is 5.32 Å². The summed E-state index contributed by atoms with van der Waals surface area (Å²) in [5.74, 6) is 0. The van der Waals surface area contributed by atoms with Crippen LogP contribution in [-0.2, 0) is 6.18 Å². The van der Waals surface area contributed by atoms with Crippen LogP contribution < -0.4 is 10.6 Å². The minimum Gasteiger partial charge on any atom is -0.308 e. The Hall–Kier alpha value is -3.01. The molecule has 10 heteroatoms. The summed E-state index contributed by atoms with van der Waals surface area (Å²) in [5, 5.41) is 6.81. The zero-order valence-corrected chi connectivity index (χ0v) is 13.2. The van der Waals surface area contributed by atoms with Crippen molar-refractivity contribution in [1.29, 1.82) is 0 Å². The Morgan fingerprint density at radius 1 is 1.04 bits per heavy atom. The predicted octanol–water partition coefficient (Wildman–Crippen LogP) is 4.26. The fourth-order valence-electron chi connectivity index (χ4n) is 2.02. The second-order valence-electron chi connectivity index (χ2n) is 4.84. The summed E-state index contributed by atoms with van der Waals surface area (Å²) in [6.07, 6.45) is 0.994. The number of aromatic nitrogens is 3. The summed E-state index contributed by atoms with van der Waals surface area (Å²) in [7, 11) is 0. The summed E-state index contributed by atoms with van der Waals surface area (Å²) in [4.78, 5) is 23.4. The molecule has 3 aromatic rings. The topological polar surface area (TPSA) is 79.8 Å². The Morgan fingerprint density at radius 2 is 1.80 bits per heavy atom. The van der Waals surface area contributed by atoms with Gasteiger partial charge in [0.25, 0.3) is 0 Å². The molecular weight excluding hydrogens is 355 g/mol. The molecule has 25 heavy (non-hydrogen) atoms. The smallest absolute Gasteiger partial charge is 0.308 e. The van der Waals surface area contributed by atoms with Crippen molar-refractivity contribution in [1.82, 2.24) is 15.0 Å². The number of rotatable bonds is 3. The van der Waals surface area contributed by atoms with Crippen LogP contribution in [-0.4, -0.2) is 21.0 Å². The zero-order chi connectivity index (χ0) is 17.9. The van der Waals surface area contributed by atoms with E-state index in [1.54, 1.807) is 5.38 Å². The number of thiazole rings is 1. The number of hydrogen-bond acceptors (Lipinski definition) is 5. The average Bonchev–Trinajstić information content (AvgIpc) is 3.07. The Balaban J connectivity index is 1.91. The molecule has 0 bridgehead atoms. The normalized spacial score (nSPS) is 11.2. The molecule has 2 N–H and O–H groups in total. The van der Waals surface area contributed by atoms with E-state index >= 15 is 0 Å². The number of halogens is 3. The Labute approximate surface area is 143 Å². The molecule has 0 aliphatic carbocycles. The number of nitrogens with one attached hydrogen (secondary N) is 2. The van der Waals surface area contributed by atoms with Gasteiger partial charge in [-0.3, -0.25) is 5.32 Å². The van der Waals surface area contributed by atoms with Crippen LogP contribution in [0, 0.1) is 0 Å². The quantitative estimate of drug-likeness (QED) is 0.727. The molecule has 0 fully saturated rings. The molecule has 2 heterocycles. The number of amides is 2. The van der Waals surface area contributed by atoms with Crippen molar-refractivity contribution in [2.24, 2.45) is 0 Å². The maximum absolute atomic E-state index is 13.1. The van der Waals surface area contributed by atoms with Crippen LogP contribution in [0.15, 0.2) is 48.5 Å². The number of carbonyl (C=O) groups is 1. The van der Waals surface area contributed by atoms with Crippen molar-refractivity contribution in [3.05, 3.63) is 54.1 Å². The highest BCUT2D eigenvalue weighted by Crippen LogP contribution is 2.34. The molecule has 0 atom stereocenters. The number of hydrogen-bond donors (Lipinski definition) is 2. The molecule has 0 radical (unpaired) electrons. The third kappa shape index (κ3) is 4.29. The molecule has 0 aliphatic heterocycles. The molecule has 128 valence electrons. The van der Waals surface area contributed by atoms with Gasteiger partial charge >= 0.3 is 12.2 Å². The molecule has 1 aromatic carbocycles. The first-order valence-electron chi connectivity index (χ1n) is 6.87. The summed E-state index contributed by atoms with van der Waals surface area (Å²) in [5.41, 5.74) is -0.266. The molecule has 0 saturated carbocycles. The van der Waals surface area contributed by atoms with Crippen LogP contribution in [0.4, 0.5) is 28.8 Å². The summed E-state index contributed by atoms with van der Waals surface area (Å²) in [6.45, 7) is 0. The molecule has 2 aromatic heterocycles. The number of benzene rings is 1. The van der Waals surface area contributed by atoms with E-state index in [1.165, 1.54) is 42.3 Å². The number of nitrogens with zero attached hydrogens (tertiary/aromatic N) is 3. The minimum absolute atomic E-state index is 0.0114. The molecule has 6 nitrogen and oxygen atoms in total. The highest BCUT2D eigenvalue weighted by atomic mass is 32.1. The maximum Gasteiger partial charge on any atom is 0.416 e. The van der Waals surface area contributed by atoms with Crippen molar-refractivity contribution in [3.63, 3.8) is 0 Å². The lowest BCUT2D eigenvalue weighted by molar-refractivity contribution is -0.137. The first-order valence-corrected chi connectivity index (χ1v) is 7.75. The first-order chi connectivity index (χ1) is 11.9. The highest BCUT2D eigenvalue weighted by Gasteiger charge is 2.31. The maximum atomic E-state index is 13.1. The van der Waals surface area contributed by atoms with Gasteiger partial charge in [-0.1, -0.05) is 0 Å². The van der Waals surface area contributed by atoms with Crippen molar-refractivity contribution in [2.75, 3.05) is 10.6 Å². The third-order valence-corrected chi connectivity index (χ3v) is 3.75. The number of urea groups is 1. The molecule has 0 unspecified atom stereocenters. The highest BCUT2D eigenvalue weighted by molar-refractivity contribution is 7.13. The van der Waals surface area contributed by atoms with Gasteiger partial charge in [0.1, 0.15) is 6.33 Å². The van der Waals surface area contributed by atoms with E-state index in [1.807, 2.05) is 0 Å². The SMILES string of the molecule is O=C(Nc1cc(-c2cncnc2)cc(C(F)(F)F)c1)Nc1nccs1. The van der Waals surface area contributed by atoms with Gasteiger partial charge in [-0.05, 0) is 23.8 Å². The monoisotopic (exact) mass is 365 g/mol. The van der Waals surface area contributed by atoms with Crippen molar-refractivity contribution >= 4 is 28.2 Å². The summed E-state index contributed by atoms with van der Waals surface area (Å²) < 4.78 is 39.4. The first kappa shape index (κ1) is 16.8. The van der Waals surface area contributed by atoms with Crippen LogP contribution in [0.5, 0.6) is 0 Å². The Morgan fingerprint density at radius 3 is 2.44 bits per heavy atom. The fourth-order valence-corrected chi connectivity index (χ4v) is 2.55. The second kappa shape index (κ2) is 6.85. The van der Waals surface area contributed by atoms with E-state index in [0.717, 1.165) is 12.1 Å². The minimum atomic E-state index is -4.56. The molecule has 0 aliphatic rings. The van der Waals surface area contributed by atoms with Crippen molar-refractivity contribution in [3.8, 4) is 11.1 Å². The third-order valence-electron chi connectivity index (χ3n) is 3.06. The van der Waals surface area contributed by atoms with Crippen molar-refractivity contribution < 1.29 is 18.0 Å². The largest absolute Gasteiger partial charge is 0.416 e. The zero-order valence-electron chi connectivity index (χ0n) is 12.4. The Kier molecular flexibility index (Phi) is 4.61. The van der Waals surface area contributed by atoms with Crippen LogP contribution in [0.2, 0.25) is 0 Å². The van der Waals surface area contributed by atoms with Crippen molar-refractivity contribution in [2.45, 2.75) is 6.18 Å². The number of alkyl halides is 3. The van der Waals surface area contributed by atoms with E-state index in [0.29, 0.717) is 10.7 Å². The summed E-state index contributed by atoms with van der Waals surface area (Å²) in [6, 6.07) is 2.55. The lowest BCUT2D eigenvalue weighted by Gasteiger charge is -2.13. The van der Waals surface area contributed by atoms with Gasteiger partial charge in [0, 0.05) is 35.2 Å². The Bertz CT molecular complexity index is 869. The van der Waals surface area contributed by atoms with Gasteiger partial charge in [0.05, 0.1) is 5.56 Å². The van der Waals surface area contributed by atoms with Crippen LogP contribution in [0.1, 0.15) is 5.56 Å². The van der Waals surface area contributed by atoms with Gasteiger partial charge in [-0.15, -0.1) is 11.3 Å². The molecule has 2 amide bonds. The second-order valence-corrected chi connectivity index (χ2v) is 5.73. The molecule has 0 spiro atoms. The predicted molar refractivity (Wildman–Crippen MR) is 87.2 cm³/mol. The van der Waals surface area contributed by atoms with Gasteiger partial charge in [-0.25, -0.2) is 19.7 Å². The lowest BCUT2D eigenvalue weighted by atomic mass is 10.0. The fraction of sp³-hybridized carbons (Fsp3) is 0.0667. The molecular formula is C15H10F3N5OS. The molecule has 3 rings (SSSR count). The van der Waals surface area contributed by atoms with Crippen LogP contribution in [0.25, 0.3) is 11.1 Å². The van der Waals surface area contributed by atoms with E-state index in [9.17, 15) is 18.0 Å². The van der Waals surface area contributed by atoms with Gasteiger partial charge in [0.2, 0.25) is 0 Å². The standard InChI is InChI=1S/C15H10F3N5OS/c16-15(17,18)11-3-9(10-6-19-8-20-7-10)4-12(5-11)22-13(24)23-14-21-1-2-25-14/h1-8H,(H2,21,22,23,24). The number of carbonyl (C=O) groups excluding carboxylic acids is 1. The summed E-state index contributed by atoms with van der Waals surface area (Å²) >= 11 is 1.19. The van der Waals surface area contributed by atoms with E-state index < -0.39 is 17.8 Å². The number of anilines is 2. The molecule has 0 saturated heterocycles. The van der Waals surface area contributed by atoms with E-state index in [-0.39, 0.29) is 11.3 Å². The average molecular weight is 365 g/mol.